The van der Waals surface area contributed by atoms with Crippen LogP contribution in [-0.4, -0.2) is 31.7 Å². The van der Waals surface area contributed by atoms with Gasteiger partial charge in [0.15, 0.2) is 0 Å². The molecule has 18 heavy (non-hydrogen) atoms. The molecular formula is C14H28N2O2. The summed E-state index contributed by atoms with van der Waals surface area (Å²) in [5.74, 6) is 0.195. The Morgan fingerprint density at radius 3 is 2.83 bits per heavy atom. The second kappa shape index (κ2) is 7.10. The molecule has 2 atom stereocenters. The molecule has 4 nitrogen and oxygen atoms in total. The lowest BCUT2D eigenvalue weighted by Gasteiger charge is -2.26. The van der Waals surface area contributed by atoms with Crippen LogP contribution in [0.2, 0.25) is 0 Å². The van der Waals surface area contributed by atoms with Crippen molar-refractivity contribution in [3.63, 3.8) is 0 Å². The standard InChI is InChI=1S/C14H28N2O2/c1-4-12-11(6-9-18-12)13(17)16-10-14(2,3)7-5-8-15/h11-12H,4-10,15H2,1-3H3,(H,16,17). The minimum absolute atomic E-state index is 0.0420. The number of rotatable bonds is 7. The largest absolute Gasteiger partial charge is 0.377 e. The first-order chi connectivity index (χ1) is 8.50. The van der Waals surface area contributed by atoms with E-state index in [1.165, 1.54) is 0 Å². The van der Waals surface area contributed by atoms with E-state index in [0.29, 0.717) is 13.2 Å². The van der Waals surface area contributed by atoms with Gasteiger partial charge in [0.25, 0.3) is 0 Å². The molecule has 1 heterocycles. The third-order valence-corrected chi connectivity index (χ3v) is 3.75. The highest BCUT2D eigenvalue weighted by molar-refractivity contribution is 5.79. The van der Waals surface area contributed by atoms with E-state index in [1.54, 1.807) is 0 Å². The molecule has 1 saturated heterocycles. The second-order valence-electron chi connectivity index (χ2n) is 5.99. The van der Waals surface area contributed by atoms with Crippen LogP contribution in [0.25, 0.3) is 0 Å². The fourth-order valence-corrected chi connectivity index (χ4v) is 2.48. The number of ether oxygens (including phenoxy) is 1. The van der Waals surface area contributed by atoms with Crippen LogP contribution in [-0.2, 0) is 9.53 Å². The maximum atomic E-state index is 12.1. The Bertz CT molecular complexity index is 267. The molecular weight excluding hydrogens is 228 g/mol. The zero-order chi connectivity index (χ0) is 13.6. The van der Waals surface area contributed by atoms with Gasteiger partial charge in [0.1, 0.15) is 0 Å². The Morgan fingerprint density at radius 2 is 2.22 bits per heavy atom. The van der Waals surface area contributed by atoms with Crippen LogP contribution < -0.4 is 11.1 Å². The summed E-state index contributed by atoms with van der Waals surface area (Å²) in [6.07, 6.45) is 3.93. The second-order valence-corrected chi connectivity index (χ2v) is 5.99. The Balaban J connectivity index is 2.36. The maximum absolute atomic E-state index is 12.1. The van der Waals surface area contributed by atoms with Crippen LogP contribution in [0.3, 0.4) is 0 Å². The highest BCUT2D eigenvalue weighted by Crippen LogP contribution is 2.25. The Morgan fingerprint density at radius 1 is 1.50 bits per heavy atom. The molecule has 1 aliphatic rings. The summed E-state index contributed by atoms with van der Waals surface area (Å²) < 4.78 is 5.56. The van der Waals surface area contributed by atoms with Crippen molar-refractivity contribution >= 4 is 5.91 Å². The number of nitrogens with one attached hydrogen (secondary N) is 1. The van der Waals surface area contributed by atoms with Gasteiger partial charge in [-0.15, -0.1) is 0 Å². The van der Waals surface area contributed by atoms with E-state index in [0.717, 1.165) is 32.2 Å². The summed E-state index contributed by atoms with van der Waals surface area (Å²) >= 11 is 0. The number of carbonyl (C=O) groups is 1. The van der Waals surface area contributed by atoms with Gasteiger partial charge in [-0.25, -0.2) is 0 Å². The predicted octanol–water partition coefficient (Wildman–Crippen LogP) is 1.68. The molecule has 0 aliphatic carbocycles. The topological polar surface area (TPSA) is 64.3 Å². The number of amides is 1. The third-order valence-electron chi connectivity index (χ3n) is 3.75. The SMILES string of the molecule is CCC1OCCC1C(=O)NCC(C)(C)CCCN. The molecule has 0 aromatic carbocycles. The van der Waals surface area contributed by atoms with Gasteiger partial charge in [-0.05, 0) is 37.6 Å². The fourth-order valence-electron chi connectivity index (χ4n) is 2.48. The van der Waals surface area contributed by atoms with E-state index in [2.05, 4.69) is 26.1 Å². The third kappa shape index (κ3) is 4.58. The zero-order valence-electron chi connectivity index (χ0n) is 12.0. The summed E-state index contributed by atoms with van der Waals surface area (Å²) in [5, 5.41) is 3.08. The lowest BCUT2D eigenvalue weighted by molar-refractivity contribution is -0.127. The molecule has 1 amide bonds. The molecule has 0 saturated carbocycles. The molecule has 3 N–H and O–H groups in total. The van der Waals surface area contributed by atoms with E-state index in [1.807, 2.05) is 0 Å². The van der Waals surface area contributed by atoms with Crippen LogP contribution in [0.15, 0.2) is 0 Å². The van der Waals surface area contributed by atoms with Crippen molar-refractivity contribution in [2.75, 3.05) is 19.7 Å². The van der Waals surface area contributed by atoms with Gasteiger partial charge in [0.2, 0.25) is 5.91 Å². The van der Waals surface area contributed by atoms with Crippen molar-refractivity contribution in [1.82, 2.24) is 5.32 Å². The van der Waals surface area contributed by atoms with E-state index >= 15 is 0 Å². The van der Waals surface area contributed by atoms with E-state index in [-0.39, 0.29) is 23.3 Å². The van der Waals surface area contributed by atoms with E-state index in [9.17, 15) is 4.79 Å². The monoisotopic (exact) mass is 256 g/mol. The van der Waals surface area contributed by atoms with E-state index in [4.69, 9.17) is 10.5 Å². The normalized spacial score (nSPS) is 24.2. The van der Waals surface area contributed by atoms with Crippen molar-refractivity contribution in [2.45, 2.75) is 52.6 Å². The molecule has 0 aromatic heterocycles. The zero-order valence-corrected chi connectivity index (χ0v) is 12.0. The van der Waals surface area contributed by atoms with Crippen molar-refractivity contribution in [3.8, 4) is 0 Å². The van der Waals surface area contributed by atoms with Crippen molar-refractivity contribution in [2.24, 2.45) is 17.1 Å². The van der Waals surface area contributed by atoms with Crippen molar-refractivity contribution in [3.05, 3.63) is 0 Å². The first-order valence-electron chi connectivity index (χ1n) is 7.09. The molecule has 1 fully saturated rings. The van der Waals surface area contributed by atoms with E-state index < -0.39 is 0 Å². The Hall–Kier alpha value is -0.610. The van der Waals surface area contributed by atoms with Gasteiger partial charge < -0.3 is 15.8 Å². The molecule has 0 aromatic rings. The number of hydrogen-bond donors (Lipinski definition) is 2. The van der Waals surface area contributed by atoms with Crippen LogP contribution in [0.1, 0.15) is 46.5 Å². The molecule has 4 heteroatoms. The average molecular weight is 256 g/mol. The predicted molar refractivity (Wildman–Crippen MR) is 73.2 cm³/mol. The van der Waals surface area contributed by atoms with Crippen LogP contribution in [0.5, 0.6) is 0 Å². The van der Waals surface area contributed by atoms with Crippen LogP contribution >= 0.6 is 0 Å². The fraction of sp³-hybridized carbons (Fsp3) is 0.929. The van der Waals surface area contributed by atoms with Crippen LogP contribution in [0, 0.1) is 11.3 Å². The van der Waals surface area contributed by atoms with Gasteiger partial charge in [0, 0.05) is 13.2 Å². The Kier molecular flexibility index (Phi) is 6.09. The summed E-state index contributed by atoms with van der Waals surface area (Å²) in [6.45, 7) is 8.57. The molecule has 106 valence electrons. The lowest BCUT2D eigenvalue weighted by Crippen LogP contribution is -2.40. The summed E-state index contributed by atoms with van der Waals surface area (Å²) in [5.41, 5.74) is 5.64. The molecule has 0 radical (unpaired) electrons. The first-order valence-corrected chi connectivity index (χ1v) is 7.09. The minimum Gasteiger partial charge on any atom is -0.377 e. The molecule has 2 unspecified atom stereocenters. The van der Waals surface area contributed by atoms with Crippen molar-refractivity contribution in [1.29, 1.82) is 0 Å². The number of carbonyl (C=O) groups excluding carboxylic acids is 1. The molecule has 1 aliphatic heterocycles. The molecule has 1 rings (SSSR count). The van der Waals surface area contributed by atoms with Gasteiger partial charge in [-0.1, -0.05) is 20.8 Å². The maximum Gasteiger partial charge on any atom is 0.225 e. The molecule has 0 bridgehead atoms. The number of nitrogens with two attached hydrogens (primary N) is 1. The lowest BCUT2D eigenvalue weighted by atomic mass is 9.87. The van der Waals surface area contributed by atoms with Gasteiger partial charge in [0.05, 0.1) is 12.0 Å². The smallest absolute Gasteiger partial charge is 0.225 e. The van der Waals surface area contributed by atoms with Gasteiger partial charge >= 0.3 is 0 Å². The summed E-state index contributed by atoms with van der Waals surface area (Å²) in [4.78, 5) is 12.1. The van der Waals surface area contributed by atoms with Crippen molar-refractivity contribution < 1.29 is 9.53 Å². The minimum atomic E-state index is 0.0420. The quantitative estimate of drug-likeness (QED) is 0.728. The average Bonchev–Trinajstić information content (AvgIpc) is 2.82. The Labute approximate surface area is 111 Å². The molecule has 0 spiro atoms. The van der Waals surface area contributed by atoms with Crippen LogP contribution in [0.4, 0.5) is 0 Å². The summed E-state index contributed by atoms with van der Waals surface area (Å²) in [6, 6.07) is 0. The highest BCUT2D eigenvalue weighted by Gasteiger charge is 2.33. The first kappa shape index (κ1) is 15.4. The van der Waals surface area contributed by atoms with Gasteiger partial charge in [-0.3, -0.25) is 4.79 Å². The number of hydrogen-bond acceptors (Lipinski definition) is 3. The van der Waals surface area contributed by atoms with Gasteiger partial charge in [-0.2, -0.15) is 0 Å². The highest BCUT2D eigenvalue weighted by atomic mass is 16.5. The summed E-state index contributed by atoms with van der Waals surface area (Å²) in [7, 11) is 0.